The molecule has 0 heterocycles. The second-order valence-electron chi connectivity index (χ2n) is 5.72. The summed E-state index contributed by atoms with van der Waals surface area (Å²) in [6.45, 7) is 0.467. The van der Waals surface area contributed by atoms with Crippen LogP contribution < -0.4 is 10.2 Å². The van der Waals surface area contributed by atoms with E-state index in [1.54, 1.807) is 18.2 Å². The Kier molecular flexibility index (Phi) is 6.42. The van der Waals surface area contributed by atoms with Crippen molar-refractivity contribution in [1.82, 2.24) is 5.32 Å². The van der Waals surface area contributed by atoms with Crippen LogP contribution in [0.3, 0.4) is 0 Å². The standard InChI is InChI=1S/C19H21ClN2O3/c1-22(2)16-6-4-5-15(20)17(16)18(23)21-12-11-13-7-9-14(10-8-13)19(24)25-3/h4-10H,11-12H2,1-3H3,(H,21,23). The Hall–Kier alpha value is -2.53. The zero-order valence-corrected chi connectivity index (χ0v) is 15.3. The van der Waals surface area contributed by atoms with Crippen LogP contribution >= 0.6 is 11.6 Å². The molecular formula is C19H21ClN2O3. The Bertz CT molecular complexity index is 758. The van der Waals surface area contributed by atoms with Crippen molar-refractivity contribution in [3.63, 3.8) is 0 Å². The number of amides is 1. The Labute approximate surface area is 152 Å². The normalized spacial score (nSPS) is 10.2. The lowest BCUT2D eigenvalue weighted by Gasteiger charge is -2.18. The van der Waals surface area contributed by atoms with Gasteiger partial charge in [-0.25, -0.2) is 4.79 Å². The average Bonchev–Trinajstić information content (AvgIpc) is 2.61. The molecule has 0 bridgehead atoms. The molecule has 6 heteroatoms. The van der Waals surface area contributed by atoms with Gasteiger partial charge in [-0.1, -0.05) is 29.8 Å². The molecule has 0 aliphatic carbocycles. The zero-order chi connectivity index (χ0) is 18.4. The van der Waals surface area contributed by atoms with Gasteiger partial charge in [-0.2, -0.15) is 0 Å². The molecule has 0 saturated carbocycles. The number of anilines is 1. The summed E-state index contributed by atoms with van der Waals surface area (Å²) < 4.78 is 4.67. The molecule has 0 aliphatic rings. The topological polar surface area (TPSA) is 58.6 Å². The number of carbonyl (C=O) groups excluding carboxylic acids is 2. The maximum atomic E-state index is 12.5. The Morgan fingerprint density at radius 3 is 2.40 bits per heavy atom. The van der Waals surface area contributed by atoms with E-state index in [2.05, 4.69) is 10.1 Å². The van der Waals surface area contributed by atoms with E-state index in [4.69, 9.17) is 11.6 Å². The highest BCUT2D eigenvalue weighted by atomic mass is 35.5. The van der Waals surface area contributed by atoms with Crippen LogP contribution in [0.15, 0.2) is 42.5 Å². The average molecular weight is 361 g/mol. The first-order chi connectivity index (χ1) is 11.9. The van der Waals surface area contributed by atoms with Gasteiger partial charge in [0.2, 0.25) is 0 Å². The van der Waals surface area contributed by atoms with Gasteiger partial charge in [-0.15, -0.1) is 0 Å². The van der Waals surface area contributed by atoms with Crippen LogP contribution in [0.2, 0.25) is 5.02 Å². The molecule has 2 aromatic carbocycles. The van der Waals surface area contributed by atoms with Gasteiger partial charge < -0.3 is 15.0 Å². The van der Waals surface area contributed by atoms with E-state index < -0.39 is 0 Å². The molecule has 0 radical (unpaired) electrons. The van der Waals surface area contributed by atoms with Crippen LogP contribution in [0.25, 0.3) is 0 Å². The number of ether oxygens (including phenoxy) is 1. The molecule has 25 heavy (non-hydrogen) atoms. The smallest absolute Gasteiger partial charge is 0.337 e. The summed E-state index contributed by atoms with van der Waals surface area (Å²) in [5, 5.41) is 3.31. The summed E-state index contributed by atoms with van der Waals surface area (Å²) in [5.41, 5.74) is 2.75. The van der Waals surface area contributed by atoms with Crippen LogP contribution in [0.4, 0.5) is 5.69 Å². The Balaban J connectivity index is 1.98. The summed E-state index contributed by atoms with van der Waals surface area (Å²) in [6, 6.07) is 12.5. The predicted octanol–water partition coefficient (Wildman–Crippen LogP) is 3.17. The van der Waals surface area contributed by atoms with E-state index in [9.17, 15) is 9.59 Å². The summed E-state index contributed by atoms with van der Waals surface area (Å²) in [4.78, 5) is 25.7. The monoisotopic (exact) mass is 360 g/mol. The summed E-state index contributed by atoms with van der Waals surface area (Å²) >= 11 is 6.19. The quantitative estimate of drug-likeness (QED) is 0.804. The van der Waals surface area contributed by atoms with E-state index in [0.29, 0.717) is 29.1 Å². The molecule has 1 N–H and O–H groups in total. The van der Waals surface area contributed by atoms with Crippen molar-refractivity contribution in [2.45, 2.75) is 6.42 Å². The fraction of sp³-hybridized carbons (Fsp3) is 0.263. The Morgan fingerprint density at radius 2 is 1.80 bits per heavy atom. The summed E-state index contributed by atoms with van der Waals surface area (Å²) in [6.07, 6.45) is 0.648. The van der Waals surface area contributed by atoms with Crippen molar-refractivity contribution in [1.29, 1.82) is 0 Å². The molecule has 5 nitrogen and oxygen atoms in total. The third-order valence-corrected chi connectivity index (χ3v) is 4.09. The lowest BCUT2D eigenvalue weighted by molar-refractivity contribution is 0.0600. The number of rotatable bonds is 6. The molecule has 0 aliphatic heterocycles. The molecule has 0 saturated heterocycles. The molecule has 1 amide bonds. The Morgan fingerprint density at radius 1 is 1.12 bits per heavy atom. The number of nitrogens with zero attached hydrogens (tertiary/aromatic N) is 1. The lowest BCUT2D eigenvalue weighted by atomic mass is 10.1. The van der Waals surface area contributed by atoms with E-state index >= 15 is 0 Å². The van der Waals surface area contributed by atoms with Gasteiger partial charge in [0.15, 0.2) is 0 Å². The molecule has 0 spiro atoms. The van der Waals surface area contributed by atoms with Gasteiger partial charge in [0.05, 0.1) is 28.9 Å². The fourth-order valence-electron chi connectivity index (χ4n) is 2.44. The van der Waals surface area contributed by atoms with Crippen LogP contribution in [-0.2, 0) is 11.2 Å². The van der Waals surface area contributed by atoms with Crippen molar-refractivity contribution in [2.75, 3.05) is 32.6 Å². The molecule has 132 valence electrons. The first-order valence-electron chi connectivity index (χ1n) is 7.85. The third kappa shape index (κ3) is 4.73. The largest absolute Gasteiger partial charge is 0.465 e. The third-order valence-electron chi connectivity index (χ3n) is 3.77. The zero-order valence-electron chi connectivity index (χ0n) is 14.5. The second-order valence-corrected chi connectivity index (χ2v) is 6.13. The SMILES string of the molecule is COC(=O)c1ccc(CCNC(=O)c2c(Cl)cccc2N(C)C)cc1. The molecule has 0 unspecified atom stereocenters. The number of esters is 1. The van der Waals surface area contributed by atoms with E-state index in [-0.39, 0.29) is 11.9 Å². The van der Waals surface area contributed by atoms with Gasteiger partial charge in [0.25, 0.3) is 5.91 Å². The van der Waals surface area contributed by atoms with Crippen LogP contribution in [0.1, 0.15) is 26.3 Å². The molecule has 0 fully saturated rings. The van der Waals surface area contributed by atoms with Gasteiger partial charge >= 0.3 is 5.97 Å². The predicted molar refractivity (Wildman–Crippen MR) is 99.6 cm³/mol. The van der Waals surface area contributed by atoms with E-state index in [1.165, 1.54) is 7.11 Å². The number of nitrogens with one attached hydrogen (secondary N) is 1. The van der Waals surface area contributed by atoms with Crippen LogP contribution in [0.5, 0.6) is 0 Å². The van der Waals surface area contributed by atoms with Crippen molar-refractivity contribution >= 4 is 29.2 Å². The van der Waals surface area contributed by atoms with Crippen molar-refractivity contribution in [2.24, 2.45) is 0 Å². The van der Waals surface area contributed by atoms with Crippen molar-refractivity contribution < 1.29 is 14.3 Å². The summed E-state index contributed by atoms with van der Waals surface area (Å²) in [5.74, 6) is -0.574. The molecule has 2 aromatic rings. The highest BCUT2D eigenvalue weighted by molar-refractivity contribution is 6.34. The number of methoxy groups -OCH3 is 1. The lowest BCUT2D eigenvalue weighted by Crippen LogP contribution is -2.28. The maximum Gasteiger partial charge on any atom is 0.337 e. The van der Waals surface area contributed by atoms with Gasteiger partial charge in [0.1, 0.15) is 0 Å². The highest BCUT2D eigenvalue weighted by Crippen LogP contribution is 2.26. The minimum Gasteiger partial charge on any atom is -0.465 e. The minimum absolute atomic E-state index is 0.208. The minimum atomic E-state index is -0.366. The van der Waals surface area contributed by atoms with E-state index in [1.807, 2.05) is 43.3 Å². The van der Waals surface area contributed by atoms with Gasteiger partial charge in [-0.3, -0.25) is 4.79 Å². The highest BCUT2D eigenvalue weighted by Gasteiger charge is 2.16. The molecule has 0 atom stereocenters. The second kappa shape index (κ2) is 8.53. The summed E-state index contributed by atoms with van der Waals surface area (Å²) in [7, 11) is 5.08. The van der Waals surface area contributed by atoms with E-state index in [0.717, 1.165) is 11.3 Å². The first kappa shape index (κ1) is 18.8. The van der Waals surface area contributed by atoms with Gasteiger partial charge in [0, 0.05) is 20.6 Å². The molecule has 0 aromatic heterocycles. The molecule has 2 rings (SSSR count). The fourth-order valence-corrected chi connectivity index (χ4v) is 2.70. The number of hydrogen-bond acceptors (Lipinski definition) is 4. The van der Waals surface area contributed by atoms with Crippen molar-refractivity contribution in [3.8, 4) is 0 Å². The maximum absolute atomic E-state index is 12.5. The van der Waals surface area contributed by atoms with Crippen LogP contribution in [-0.4, -0.2) is 39.6 Å². The first-order valence-corrected chi connectivity index (χ1v) is 8.23. The van der Waals surface area contributed by atoms with Crippen molar-refractivity contribution in [3.05, 3.63) is 64.2 Å². The number of carbonyl (C=O) groups is 2. The molecular weight excluding hydrogens is 340 g/mol. The van der Waals surface area contributed by atoms with Crippen LogP contribution in [0, 0.1) is 0 Å². The number of halogens is 1. The number of hydrogen-bond donors (Lipinski definition) is 1. The number of benzene rings is 2. The van der Waals surface area contributed by atoms with Gasteiger partial charge in [-0.05, 0) is 36.2 Å².